The topological polar surface area (TPSA) is 0 Å². The van der Waals surface area contributed by atoms with Crippen LogP contribution in [0.15, 0.2) is 24.3 Å². The molecule has 0 saturated heterocycles. The van der Waals surface area contributed by atoms with Crippen LogP contribution in [0.1, 0.15) is 19.8 Å². The normalized spacial score (nSPS) is 38.5. The predicted octanol–water partition coefficient (Wildman–Crippen LogP) is 2.73. The standard InChI is InChI=1S/C10H13/c1-2-3-9-6-8-4-5-10(9)7-8/h2-5,9-10H,6-7H2,1H3/b3-2-. The maximum absolute atomic E-state index is 2.36. The van der Waals surface area contributed by atoms with Crippen molar-refractivity contribution in [3.63, 3.8) is 0 Å². The van der Waals surface area contributed by atoms with Crippen molar-refractivity contribution in [3.8, 4) is 0 Å². The van der Waals surface area contributed by atoms with E-state index < -0.39 is 0 Å². The average Bonchev–Trinajstić information content (AvgIpc) is 2.48. The highest BCUT2D eigenvalue weighted by atomic mass is 14.4. The lowest BCUT2D eigenvalue weighted by atomic mass is 9.93. The van der Waals surface area contributed by atoms with Gasteiger partial charge in [-0.2, -0.15) is 0 Å². The van der Waals surface area contributed by atoms with E-state index in [0.29, 0.717) is 0 Å². The Morgan fingerprint density at radius 3 is 2.90 bits per heavy atom. The molecule has 1 radical (unpaired) electrons. The van der Waals surface area contributed by atoms with Crippen LogP contribution in [0.3, 0.4) is 0 Å². The van der Waals surface area contributed by atoms with Gasteiger partial charge in [-0.25, -0.2) is 0 Å². The molecule has 0 amide bonds. The lowest BCUT2D eigenvalue weighted by Crippen LogP contribution is -2.01. The Kier molecular flexibility index (Phi) is 1.40. The van der Waals surface area contributed by atoms with E-state index in [9.17, 15) is 0 Å². The van der Waals surface area contributed by atoms with Crippen LogP contribution in [0.5, 0.6) is 0 Å². The van der Waals surface area contributed by atoms with Crippen LogP contribution in [0.2, 0.25) is 0 Å². The van der Waals surface area contributed by atoms with E-state index in [1.54, 1.807) is 5.92 Å². The Balaban J connectivity index is 2.09. The Bertz CT molecular complexity index is 176. The van der Waals surface area contributed by atoms with E-state index in [4.69, 9.17) is 0 Å². The van der Waals surface area contributed by atoms with Crippen molar-refractivity contribution in [1.29, 1.82) is 0 Å². The van der Waals surface area contributed by atoms with Crippen LogP contribution in [-0.2, 0) is 0 Å². The van der Waals surface area contributed by atoms with Crippen LogP contribution >= 0.6 is 0 Å². The molecule has 2 aliphatic rings. The average molecular weight is 133 g/mol. The molecular weight excluding hydrogens is 120 g/mol. The molecule has 1 saturated carbocycles. The summed E-state index contributed by atoms with van der Waals surface area (Å²) in [4.78, 5) is 0. The third-order valence-electron chi connectivity index (χ3n) is 2.56. The monoisotopic (exact) mass is 133 g/mol. The van der Waals surface area contributed by atoms with E-state index in [1.165, 1.54) is 12.8 Å². The van der Waals surface area contributed by atoms with Gasteiger partial charge in [-0.15, -0.1) is 0 Å². The minimum Gasteiger partial charge on any atom is -0.0914 e. The maximum Gasteiger partial charge on any atom is -0.00152 e. The van der Waals surface area contributed by atoms with E-state index in [0.717, 1.165) is 11.8 Å². The number of rotatable bonds is 1. The minimum absolute atomic E-state index is 0.838. The lowest BCUT2D eigenvalue weighted by molar-refractivity contribution is 0.556. The predicted molar refractivity (Wildman–Crippen MR) is 43.4 cm³/mol. The van der Waals surface area contributed by atoms with Gasteiger partial charge in [-0.05, 0) is 37.5 Å². The van der Waals surface area contributed by atoms with Gasteiger partial charge in [0.1, 0.15) is 0 Å². The summed E-state index contributed by atoms with van der Waals surface area (Å²) in [5.74, 6) is 3.35. The molecule has 0 aliphatic heterocycles. The van der Waals surface area contributed by atoms with E-state index in [2.05, 4.69) is 31.2 Å². The highest BCUT2D eigenvalue weighted by Gasteiger charge is 2.33. The molecule has 0 heteroatoms. The van der Waals surface area contributed by atoms with Gasteiger partial charge in [-0.1, -0.05) is 24.3 Å². The first-order chi connectivity index (χ1) is 4.90. The molecule has 0 N–H and O–H groups in total. The summed E-state index contributed by atoms with van der Waals surface area (Å²) in [7, 11) is 0. The lowest BCUT2D eigenvalue weighted by Gasteiger charge is -2.11. The molecular formula is C10H13. The number of allylic oxidation sites excluding steroid dienone is 4. The first kappa shape index (κ1) is 6.21. The largest absolute Gasteiger partial charge is 0.0914 e. The van der Waals surface area contributed by atoms with Gasteiger partial charge in [0.2, 0.25) is 0 Å². The van der Waals surface area contributed by atoms with Crippen molar-refractivity contribution in [1.82, 2.24) is 0 Å². The summed E-state index contributed by atoms with van der Waals surface area (Å²) >= 11 is 0. The van der Waals surface area contributed by atoms with Gasteiger partial charge in [0, 0.05) is 0 Å². The summed E-state index contributed by atoms with van der Waals surface area (Å²) in [6, 6.07) is 0. The molecule has 0 heterocycles. The first-order valence-electron chi connectivity index (χ1n) is 4.06. The van der Waals surface area contributed by atoms with Crippen LogP contribution in [0.4, 0.5) is 0 Å². The van der Waals surface area contributed by atoms with Crippen molar-refractivity contribution >= 4 is 0 Å². The third-order valence-corrected chi connectivity index (χ3v) is 2.56. The number of hydrogen-bond acceptors (Lipinski definition) is 0. The molecule has 0 spiro atoms. The highest BCUT2D eigenvalue weighted by Crippen LogP contribution is 2.45. The van der Waals surface area contributed by atoms with Crippen molar-refractivity contribution in [2.75, 3.05) is 0 Å². The fraction of sp³-hybridized carbons (Fsp3) is 0.500. The highest BCUT2D eigenvalue weighted by molar-refractivity contribution is 5.28. The van der Waals surface area contributed by atoms with Crippen molar-refractivity contribution in [2.24, 2.45) is 11.8 Å². The molecule has 2 aliphatic carbocycles. The Morgan fingerprint density at radius 2 is 2.40 bits per heavy atom. The minimum atomic E-state index is 0.838. The second kappa shape index (κ2) is 2.26. The molecule has 0 aromatic carbocycles. The van der Waals surface area contributed by atoms with Crippen molar-refractivity contribution in [2.45, 2.75) is 19.8 Å². The summed E-state index contributed by atoms with van der Waals surface area (Å²) in [6.45, 7) is 2.11. The molecule has 1 fully saturated rings. The molecule has 2 unspecified atom stereocenters. The zero-order valence-corrected chi connectivity index (χ0v) is 6.38. The number of hydrogen-bond donors (Lipinski definition) is 0. The summed E-state index contributed by atoms with van der Waals surface area (Å²) in [5.41, 5.74) is 0. The molecule has 10 heavy (non-hydrogen) atoms. The Labute approximate surface area is 62.6 Å². The third kappa shape index (κ3) is 0.828. The molecule has 2 rings (SSSR count). The van der Waals surface area contributed by atoms with Crippen molar-refractivity contribution in [3.05, 3.63) is 30.2 Å². The second-order valence-electron chi connectivity index (χ2n) is 3.28. The van der Waals surface area contributed by atoms with Gasteiger partial charge in [0.25, 0.3) is 0 Å². The Morgan fingerprint density at radius 1 is 1.50 bits per heavy atom. The quantitative estimate of drug-likeness (QED) is 0.482. The van der Waals surface area contributed by atoms with Crippen molar-refractivity contribution < 1.29 is 0 Å². The number of fused-ring (bicyclic) bond motifs is 2. The van der Waals surface area contributed by atoms with Gasteiger partial charge < -0.3 is 0 Å². The van der Waals surface area contributed by atoms with E-state index in [1.807, 2.05) is 0 Å². The van der Waals surface area contributed by atoms with E-state index >= 15 is 0 Å². The van der Waals surface area contributed by atoms with Gasteiger partial charge in [0.15, 0.2) is 0 Å². The summed E-state index contributed by atoms with van der Waals surface area (Å²) < 4.78 is 0. The zero-order chi connectivity index (χ0) is 6.97. The molecule has 2 atom stereocenters. The fourth-order valence-corrected chi connectivity index (χ4v) is 2.06. The second-order valence-corrected chi connectivity index (χ2v) is 3.28. The van der Waals surface area contributed by atoms with Gasteiger partial charge >= 0.3 is 0 Å². The van der Waals surface area contributed by atoms with Gasteiger partial charge in [-0.3, -0.25) is 0 Å². The first-order valence-corrected chi connectivity index (χ1v) is 4.06. The summed E-state index contributed by atoms with van der Waals surface area (Å²) in [5, 5.41) is 0. The van der Waals surface area contributed by atoms with E-state index in [-0.39, 0.29) is 0 Å². The van der Waals surface area contributed by atoms with Crippen LogP contribution < -0.4 is 0 Å². The van der Waals surface area contributed by atoms with Crippen LogP contribution in [0.25, 0.3) is 0 Å². The van der Waals surface area contributed by atoms with Crippen LogP contribution in [-0.4, -0.2) is 0 Å². The molecule has 0 aromatic heterocycles. The SMILES string of the molecule is C/C=C\C1C[C]2C=CC1C2. The zero-order valence-electron chi connectivity index (χ0n) is 6.38. The summed E-state index contributed by atoms with van der Waals surface area (Å²) in [6.07, 6.45) is 11.9. The maximum atomic E-state index is 2.36. The molecule has 2 bridgehead atoms. The molecule has 53 valence electrons. The van der Waals surface area contributed by atoms with Gasteiger partial charge in [0.05, 0.1) is 0 Å². The smallest absolute Gasteiger partial charge is 0.00152 e. The molecule has 0 nitrogen and oxygen atoms in total. The molecule has 0 aromatic rings. The Hall–Kier alpha value is -0.520. The fourth-order valence-electron chi connectivity index (χ4n) is 2.06. The van der Waals surface area contributed by atoms with Crippen LogP contribution in [0, 0.1) is 17.8 Å².